The van der Waals surface area contributed by atoms with Crippen molar-refractivity contribution >= 4 is 17.9 Å². The predicted octanol–water partition coefficient (Wildman–Crippen LogP) is 13.2. The highest BCUT2D eigenvalue weighted by Crippen LogP contribution is 2.16. The van der Waals surface area contributed by atoms with Gasteiger partial charge in [0.05, 0.1) is 0 Å². The van der Waals surface area contributed by atoms with Crippen molar-refractivity contribution in [3.8, 4) is 0 Å². The number of rotatable bonds is 38. The molecule has 1 atom stereocenters. The van der Waals surface area contributed by atoms with E-state index >= 15 is 0 Å². The van der Waals surface area contributed by atoms with Crippen molar-refractivity contribution in [2.75, 3.05) is 13.2 Å². The Labute approximate surface area is 304 Å². The van der Waals surface area contributed by atoms with E-state index in [9.17, 15) is 14.4 Å². The summed E-state index contributed by atoms with van der Waals surface area (Å²) in [6.45, 7) is 8.90. The maximum atomic E-state index is 12.5. The molecule has 6 heteroatoms. The quantitative estimate of drug-likeness (QED) is 0.0364. The molecule has 0 aliphatic carbocycles. The first-order valence-corrected chi connectivity index (χ1v) is 21.4. The summed E-state index contributed by atoms with van der Waals surface area (Å²) in [4.78, 5) is 37.3. The Hall–Kier alpha value is -1.59. The van der Waals surface area contributed by atoms with Gasteiger partial charge in [0.15, 0.2) is 6.10 Å². The largest absolute Gasteiger partial charge is 0.462 e. The lowest BCUT2D eigenvalue weighted by Gasteiger charge is -2.18. The molecule has 0 spiro atoms. The lowest BCUT2D eigenvalue weighted by Crippen LogP contribution is -2.30. The fraction of sp³-hybridized carbons (Fsp3) is 0.930. The molecule has 6 nitrogen and oxygen atoms in total. The molecule has 0 saturated heterocycles. The van der Waals surface area contributed by atoms with Crippen molar-refractivity contribution in [1.29, 1.82) is 0 Å². The predicted molar refractivity (Wildman–Crippen MR) is 206 cm³/mol. The van der Waals surface area contributed by atoms with Gasteiger partial charge in [-0.25, -0.2) is 0 Å². The monoisotopic (exact) mass is 695 g/mol. The lowest BCUT2D eigenvalue weighted by molar-refractivity contribution is -0.167. The number of carbonyl (C=O) groups excluding carboxylic acids is 3. The van der Waals surface area contributed by atoms with Crippen LogP contribution in [0, 0.1) is 5.92 Å². The maximum Gasteiger partial charge on any atom is 0.306 e. The van der Waals surface area contributed by atoms with Crippen LogP contribution in [0.1, 0.15) is 233 Å². The van der Waals surface area contributed by atoms with Crippen molar-refractivity contribution in [1.82, 2.24) is 0 Å². The van der Waals surface area contributed by atoms with Gasteiger partial charge in [0, 0.05) is 19.3 Å². The molecule has 49 heavy (non-hydrogen) atoms. The number of unbranched alkanes of at least 4 members (excludes halogenated alkanes) is 25. The lowest BCUT2D eigenvalue weighted by atomic mass is 10.0. The van der Waals surface area contributed by atoms with Crippen LogP contribution in [0.4, 0.5) is 0 Å². The van der Waals surface area contributed by atoms with Gasteiger partial charge in [0.1, 0.15) is 13.2 Å². The molecular formula is C43H82O6. The van der Waals surface area contributed by atoms with Crippen LogP contribution in [0.25, 0.3) is 0 Å². The van der Waals surface area contributed by atoms with E-state index in [2.05, 4.69) is 27.7 Å². The molecule has 0 aromatic rings. The van der Waals surface area contributed by atoms with Gasteiger partial charge in [0.2, 0.25) is 0 Å². The van der Waals surface area contributed by atoms with Gasteiger partial charge < -0.3 is 14.2 Å². The number of esters is 3. The van der Waals surface area contributed by atoms with E-state index in [1.807, 2.05) is 0 Å². The van der Waals surface area contributed by atoms with Crippen LogP contribution < -0.4 is 0 Å². The molecule has 0 radical (unpaired) electrons. The highest BCUT2D eigenvalue weighted by molar-refractivity contribution is 5.71. The Morgan fingerprint density at radius 2 is 0.673 bits per heavy atom. The number of hydrogen-bond acceptors (Lipinski definition) is 6. The fourth-order valence-electron chi connectivity index (χ4n) is 6.27. The minimum absolute atomic E-state index is 0.0656. The smallest absolute Gasteiger partial charge is 0.306 e. The van der Waals surface area contributed by atoms with Crippen LogP contribution in [0.2, 0.25) is 0 Å². The highest BCUT2D eigenvalue weighted by Gasteiger charge is 2.19. The number of hydrogen-bond donors (Lipinski definition) is 0. The fourth-order valence-corrected chi connectivity index (χ4v) is 6.27. The average Bonchev–Trinajstić information content (AvgIpc) is 3.08. The van der Waals surface area contributed by atoms with E-state index in [4.69, 9.17) is 14.2 Å². The summed E-state index contributed by atoms with van der Waals surface area (Å²) in [6, 6.07) is 0. The summed E-state index contributed by atoms with van der Waals surface area (Å²) in [5.74, 6) is -0.0458. The van der Waals surface area contributed by atoms with E-state index in [0.717, 1.165) is 70.1 Å². The summed E-state index contributed by atoms with van der Waals surface area (Å²) >= 11 is 0. The van der Waals surface area contributed by atoms with Crippen molar-refractivity contribution in [2.45, 2.75) is 239 Å². The molecule has 0 fully saturated rings. The van der Waals surface area contributed by atoms with Crippen LogP contribution in [0.5, 0.6) is 0 Å². The Morgan fingerprint density at radius 3 is 1.00 bits per heavy atom. The van der Waals surface area contributed by atoms with E-state index < -0.39 is 6.10 Å². The Kier molecular flexibility index (Phi) is 36.4. The van der Waals surface area contributed by atoms with Gasteiger partial charge in [-0.2, -0.15) is 0 Å². The van der Waals surface area contributed by atoms with Gasteiger partial charge >= 0.3 is 17.9 Å². The van der Waals surface area contributed by atoms with Crippen molar-refractivity contribution in [3.05, 3.63) is 0 Å². The normalized spacial score (nSPS) is 11.9. The third kappa shape index (κ3) is 37.5. The minimum atomic E-state index is -0.756. The molecule has 0 aromatic heterocycles. The molecule has 0 saturated carbocycles. The Morgan fingerprint density at radius 1 is 0.388 bits per heavy atom. The van der Waals surface area contributed by atoms with Crippen LogP contribution in [0.15, 0.2) is 0 Å². The molecule has 290 valence electrons. The van der Waals surface area contributed by atoms with Crippen LogP contribution in [-0.2, 0) is 28.6 Å². The van der Waals surface area contributed by atoms with E-state index in [0.29, 0.717) is 19.3 Å². The van der Waals surface area contributed by atoms with E-state index in [1.165, 1.54) is 122 Å². The summed E-state index contributed by atoms with van der Waals surface area (Å²) in [5.41, 5.74) is 0. The van der Waals surface area contributed by atoms with Crippen molar-refractivity contribution in [2.24, 2.45) is 5.92 Å². The number of ether oxygens (including phenoxy) is 3. The Bertz CT molecular complexity index is 736. The highest BCUT2D eigenvalue weighted by atomic mass is 16.6. The summed E-state index contributed by atoms with van der Waals surface area (Å²) in [6.07, 6.45) is 35.4. The molecular weight excluding hydrogens is 612 g/mol. The number of carbonyl (C=O) groups is 3. The van der Waals surface area contributed by atoms with Gasteiger partial charge in [-0.05, 0) is 25.2 Å². The first-order chi connectivity index (χ1) is 23.9. The molecule has 0 aliphatic rings. The van der Waals surface area contributed by atoms with Crippen molar-refractivity contribution in [3.63, 3.8) is 0 Å². The van der Waals surface area contributed by atoms with Crippen LogP contribution in [-0.4, -0.2) is 37.2 Å². The van der Waals surface area contributed by atoms with Gasteiger partial charge in [-0.15, -0.1) is 0 Å². The topological polar surface area (TPSA) is 78.9 Å². The molecule has 0 rings (SSSR count). The standard InChI is InChI=1S/C43H82O6/c1-5-7-9-11-12-13-14-17-20-23-27-30-34-41(44)47-37-40(49-43(46)36-32-25-10-8-6-2)38-48-42(45)35-31-28-24-21-18-15-16-19-22-26-29-33-39(3)4/h39-40H,5-38H2,1-4H3/t40-/m1/s1. The van der Waals surface area contributed by atoms with Crippen LogP contribution in [0.3, 0.4) is 0 Å². The molecule has 0 unspecified atom stereocenters. The first kappa shape index (κ1) is 47.4. The molecule has 0 bridgehead atoms. The molecule has 0 N–H and O–H groups in total. The SMILES string of the molecule is CCCCCCCCCCCCCCC(=O)OC[C@H](COC(=O)CCCCCCCCCCCCCC(C)C)OC(=O)CCCCCCC. The third-order valence-corrected chi connectivity index (χ3v) is 9.54. The summed E-state index contributed by atoms with van der Waals surface area (Å²) < 4.78 is 16.6. The maximum absolute atomic E-state index is 12.5. The van der Waals surface area contributed by atoms with Gasteiger partial charge in [-0.1, -0.05) is 195 Å². The second-order valence-corrected chi connectivity index (χ2v) is 15.1. The van der Waals surface area contributed by atoms with Gasteiger partial charge in [-0.3, -0.25) is 14.4 Å². The third-order valence-electron chi connectivity index (χ3n) is 9.54. The second-order valence-electron chi connectivity index (χ2n) is 15.1. The van der Waals surface area contributed by atoms with Crippen molar-refractivity contribution < 1.29 is 28.6 Å². The molecule has 0 heterocycles. The minimum Gasteiger partial charge on any atom is -0.462 e. The molecule has 0 aliphatic heterocycles. The van der Waals surface area contributed by atoms with E-state index in [-0.39, 0.29) is 31.1 Å². The van der Waals surface area contributed by atoms with Gasteiger partial charge in [0.25, 0.3) is 0 Å². The molecule has 0 amide bonds. The zero-order valence-corrected chi connectivity index (χ0v) is 33.1. The zero-order valence-electron chi connectivity index (χ0n) is 33.1. The summed E-state index contributed by atoms with van der Waals surface area (Å²) in [7, 11) is 0. The molecule has 0 aromatic carbocycles. The second kappa shape index (κ2) is 37.7. The summed E-state index contributed by atoms with van der Waals surface area (Å²) in [5, 5.41) is 0. The average molecular weight is 695 g/mol. The zero-order chi connectivity index (χ0) is 36.0. The first-order valence-electron chi connectivity index (χ1n) is 21.4. The van der Waals surface area contributed by atoms with E-state index in [1.54, 1.807) is 0 Å². The van der Waals surface area contributed by atoms with Crippen LogP contribution >= 0.6 is 0 Å². The Balaban J connectivity index is 4.17.